The molecule has 1 amide bonds. The second-order valence-corrected chi connectivity index (χ2v) is 9.52. The number of carbonyl (C=O) groups is 1. The van der Waals surface area contributed by atoms with E-state index in [2.05, 4.69) is 51.0 Å². The molecule has 4 heterocycles. The number of likely N-dealkylation sites (tertiary alicyclic amines) is 2. The van der Waals surface area contributed by atoms with Crippen molar-refractivity contribution in [1.82, 2.24) is 24.8 Å². The van der Waals surface area contributed by atoms with Crippen molar-refractivity contribution in [2.75, 3.05) is 33.3 Å². The van der Waals surface area contributed by atoms with Crippen LogP contribution in [0.25, 0.3) is 11.4 Å². The molecular weight excluding hydrogens is 426 g/mol. The van der Waals surface area contributed by atoms with E-state index in [0.29, 0.717) is 23.6 Å². The first-order valence-electron chi connectivity index (χ1n) is 11.9. The average Bonchev–Trinajstić information content (AvgIpc) is 2.88. The number of amides is 1. The Balaban J connectivity index is 1.11. The smallest absolute Gasteiger partial charge is 0.228 e. The molecule has 1 atom stereocenters. The first-order chi connectivity index (χ1) is 16.5. The summed E-state index contributed by atoms with van der Waals surface area (Å²) >= 11 is 0. The molecule has 2 aliphatic heterocycles. The van der Waals surface area contributed by atoms with Crippen molar-refractivity contribution >= 4 is 5.91 Å². The van der Waals surface area contributed by atoms with Gasteiger partial charge in [-0.2, -0.15) is 0 Å². The molecule has 1 spiro atoms. The Labute approximate surface area is 200 Å². The van der Waals surface area contributed by atoms with Gasteiger partial charge in [0.25, 0.3) is 0 Å². The van der Waals surface area contributed by atoms with Gasteiger partial charge in [0.1, 0.15) is 5.75 Å². The lowest BCUT2D eigenvalue weighted by molar-refractivity contribution is -0.136. The third kappa shape index (κ3) is 4.66. The Hall–Kier alpha value is -3.32. The molecule has 0 saturated carbocycles. The van der Waals surface area contributed by atoms with E-state index in [0.717, 1.165) is 56.1 Å². The molecule has 3 aromatic rings. The highest BCUT2D eigenvalue weighted by Gasteiger charge is 2.46. The molecule has 2 fully saturated rings. The summed E-state index contributed by atoms with van der Waals surface area (Å²) in [6.07, 6.45) is 7.70. The number of pyridine rings is 1. The number of hydrogen-bond donors (Lipinski definition) is 0. The molecular formula is C27H31N5O2. The van der Waals surface area contributed by atoms with E-state index in [-0.39, 0.29) is 5.91 Å². The van der Waals surface area contributed by atoms with Crippen LogP contribution in [0.3, 0.4) is 0 Å². The maximum atomic E-state index is 12.8. The lowest BCUT2D eigenvalue weighted by Crippen LogP contribution is -2.61. The highest BCUT2D eigenvalue weighted by Crippen LogP contribution is 2.44. The Morgan fingerprint density at radius 3 is 2.35 bits per heavy atom. The van der Waals surface area contributed by atoms with Crippen LogP contribution in [0.5, 0.6) is 5.75 Å². The van der Waals surface area contributed by atoms with Crippen molar-refractivity contribution in [3.8, 4) is 17.1 Å². The molecule has 5 rings (SSSR count). The number of benzene rings is 1. The summed E-state index contributed by atoms with van der Waals surface area (Å²) in [7, 11) is 1.62. The van der Waals surface area contributed by atoms with Crippen LogP contribution in [-0.4, -0.2) is 63.9 Å². The summed E-state index contributed by atoms with van der Waals surface area (Å²) in [5.41, 5.74) is 3.49. The van der Waals surface area contributed by atoms with Gasteiger partial charge in [0.05, 0.1) is 19.7 Å². The fraction of sp³-hybridized carbons (Fsp3) is 0.407. The monoisotopic (exact) mass is 457 g/mol. The molecule has 0 aliphatic carbocycles. The molecule has 7 nitrogen and oxygen atoms in total. The van der Waals surface area contributed by atoms with Crippen LogP contribution >= 0.6 is 0 Å². The molecule has 2 saturated heterocycles. The number of ether oxygens (including phenoxy) is 1. The summed E-state index contributed by atoms with van der Waals surface area (Å²) < 4.78 is 5.14. The second-order valence-electron chi connectivity index (χ2n) is 9.52. The highest BCUT2D eigenvalue weighted by atomic mass is 16.5. The Morgan fingerprint density at radius 1 is 1.03 bits per heavy atom. The molecule has 0 N–H and O–H groups in total. The summed E-state index contributed by atoms with van der Waals surface area (Å²) in [6, 6.07) is 14.5. The maximum Gasteiger partial charge on any atom is 0.228 e. The van der Waals surface area contributed by atoms with Crippen LogP contribution in [0.4, 0.5) is 0 Å². The topological polar surface area (TPSA) is 71.5 Å². The lowest BCUT2D eigenvalue weighted by Gasteiger charge is -2.56. The third-order valence-electron chi connectivity index (χ3n) is 7.38. The molecule has 0 radical (unpaired) electrons. The highest BCUT2D eigenvalue weighted by molar-refractivity contribution is 5.78. The van der Waals surface area contributed by atoms with Crippen LogP contribution < -0.4 is 4.74 Å². The van der Waals surface area contributed by atoms with Gasteiger partial charge < -0.3 is 9.64 Å². The second kappa shape index (κ2) is 9.50. The third-order valence-corrected chi connectivity index (χ3v) is 7.38. The zero-order valence-electron chi connectivity index (χ0n) is 19.9. The number of methoxy groups -OCH3 is 1. The van der Waals surface area contributed by atoms with Crippen molar-refractivity contribution in [2.45, 2.75) is 32.2 Å². The molecule has 0 unspecified atom stereocenters. The Bertz CT molecular complexity index is 1100. The fourth-order valence-corrected chi connectivity index (χ4v) is 5.11. The molecule has 34 heavy (non-hydrogen) atoms. The van der Waals surface area contributed by atoms with Crippen LogP contribution in [0, 0.1) is 5.41 Å². The normalized spacial score (nSPS) is 18.4. The molecule has 2 aliphatic rings. The van der Waals surface area contributed by atoms with E-state index in [4.69, 9.17) is 4.74 Å². The number of piperidine rings is 1. The summed E-state index contributed by atoms with van der Waals surface area (Å²) in [6.45, 7) is 6.15. The Morgan fingerprint density at radius 2 is 1.74 bits per heavy atom. The zero-order valence-corrected chi connectivity index (χ0v) is 19.9. The minimum Gasteiger partial charge on any atom is -0.495 e. The van der Waals surface area contributed by atoms with Gasteiger partial charge in [-0.1, -0.05) is 24.3 Å². The first kappa shape index (κ1) is 22.5. The van der Waals surface area contributed by atoms with Gasteiger partial charge in [-0.25, -0.2) is 9.97 Å². The maximum absolute atomic E-state index is 12.8. The Kier molecular flexibility index (Phi) is 6.28. The van der Waals surface area contributed by atoms with Gasteiger partial charge in [0, 0.05) is 55.9 Å². The number of hydrogen-bond acceptors (Lipinski definition) is 6. The molecule has 0 bridgehead atoms. The predicted molar refractivity (Wildman–Crippen MR) is 130 cm³/mol. The standard InChI is InChI=1S/C27H31N5O2/c1-20(21-4-6-22(7-5-21)26-28-12-3-13-29-26)32-18-27(19-32)10-14-31(15-11-27)25(33)16-23-8-9-24(34-2)17-30-23/h3-9,12-13,17,20H,10-11,14-16,18-19H2,1-2H3/t20-/m1/s1. The van der Waals surface area contributed by atoms with Crippen molar-refractivity contribution < 1.29 is 9.53 Å². The summed E-state index contributed by atoms with van der Waals surface area (Å²) in [5, 5.41) is 0. The van der Waals surface area contributed by atoms with Crippen LogP contribution in [-0.2, 0) is 11.2 Å². The van der Waals surface area contributed by atoms with E-state index in [9.17, 15) is 4.79 Å². The largest absolute Gasteiger partial charge is 0.495 e. The predicted octanol–water partition coefficient (Wildman–Crippen LogP) is 3.78. The van der Waals surface area contributed by atoms with E-state index >= 15 is 0 Å². The molecule has 7 heteroatoms. The van der Waals surface area contributed by atoms with Crippen molar-refractivity contribution in [1.29, 1.82) is 0 Å². The number of aromatic nitrogens is 3. The van der Waals surface area contributed by atoms with Gasteiger partial charge in [-0.3, -0.25) is 14.7 Å². The first-order valence-corrected chi connectivity index (χ1v) is 11.9. The number of rotatable bonds is 6. The summed E-state index contributed by atoms with van der Waals surface area (Å²) in [4.78, 5) is 30.3. The number of carbonyl (C=O) groups excluding carboxylic acids is 1. The minimum absolute atomic E-state index is 0.166. The van der Waals surface area contributed by atoms with E-state index in [1.54, 1.807) is 25.7 Å². The SMILES string of the molecule is COc1ccc(CC(=O)N2CCC3(CC2)CN([C@H](C)c2ccc(-c4ncccn4)cc2)C3)nc1. The van der Waals surface area contributed by atoms with Crippen LogP contribution in [0.15, 0.2) is 61.1 Å². The van der Waals surface area contributed by atoms with E-state index in [1.807, 2.05) is 23.1 Å². The van der Waals surface area contributed by atoms with Gasteiger partial charge in [0.2, 0.25) is 5.91 Å². The average molecular weight is 458 g/mol. The molecule has 1 aromatic carbocycles. The minimum atomic E-state index is 0.166. The summed E-state index contributed by atoms with van der Waals surface area (Å²) in [5.74, 6) is 1.63. The molecule has 2 aromatic heterocycles. The van der Waals surface area contributed by atoms with Crippen molar-refractivity contribution in [3.63, 3.8) is 0 Å². The van der Waals surface area contributed by atoms with Crippen molar-refractivity contribution in [3.05, 3.63) is 72.3 Å². The van der Waals surface area contributed by atoms with E-state index < -0.39 is 0 Å². The fourth-order valence-electron chi connectivity index (χ4n) is 5.11. The van der Waals surface area contributed by atoms with Gasteiger partial charge >= 0.3 is 0 Å². The zero-order chi connectivity index (χ0) is 23.5. The van der Waals surface area contributed by atoms with Gasteiger partial charge in [-0.15, -0.1) is 0 Å². The number of nitrogens with zero attached hydrogens (tertiary/aromatic N) is 5. The lowest BCUT2D eigenvalue weighted by atomic mass is 9.71. The van der Waals surface area contributed by atoms with Gasteiger partial charge in [-0.05, 0) is 48.9 Å². The molecule has 176 valence electrons. The quantitative estimate of drug-likeness (QED) is 0.561. The van der Waals surface area contributed by atoms with E-state index in [1.165, 1.54) is 5.56 Å². The van der Waals surface area contributed by atoms with Crippen LogP contribution in [0.2, 0.25) is 0 Å². The van der Waals surface area contributed by atoms with Crippen LogP contribution in [0.1, 0.15) is 37.1 Å². The van der Waals surface area contributed by atoms with Gasteiger partial charge in [0.15, 0.2) is 5.82 Å². The van der Waals surface area contributed by atoms with Crippen molar-refractivity contribution in [2.24, 2.45) is 5.41 Å².